The highest BCUT2D eigenvalue weighted by Gasteiger charge is 2.35. The SMILES string of the molecule is CCOc1ccc([C@H](C(=O)NC(C)(C)C)N(C(=O)Cn2nnc3ccccc32)c2cc(C)cc(C)c2)cc1. The van der Waals surface area contributed by atoms with E-state index in [2.05, 4.69) is 15.6 Å². The average Bonchev–Trinajstić information content (AvgIpc) is 3.24. The molecule has 0 saturated carbocycles. The van der Waals surface area contributed by atoms with Gasteiger partial charge in [0, 0.05) is 11.2 Å². The maximum absolute atomic E-state index is 14.2. The van der Waals surface area contributed by atoms with E-state index < -0.39 is 11.6 Å². The van der Waals surface area contributed by atoms with Crippen LogP contribution in [0, 0.1) is 13.8 Å². The topological polar surface area (TPSA) is 89.4 Å². The van der Waals surface area contributed by atoms with Crippen LogP contribution in [0.15, 0.2) is 66.7 Å². The van der Waals surface area contributed by atoms with E-state index >= 15 is 0 Å². The minimum atomic E-state index is -0.923. The third-order valence-electron chi connectivity index (χ3n) is 5.97. The number of amides is 2. The van der Waals surface area contributed by atoms with Gasteiger partial charge in [0.2, 0.25) is 11.8 Å². The number of anilines is 1. The summed E-state index contributed by atoms with van der Waals surface area (Å²) in [7, 11) is 0. The third-order valence-corrected chi connectivity index (χ3v) is 5.97. The van der Waals surface area contributed by atoms with Crippen LogP contribution in [-0.4, -0.2) is 39.0 Å². The predicted octanol–water partition coefficient (Wildman–Crippen LogP) is 5.14. The van der Waals surface area contributed by atoms with Crippen LogP contribution in [0.25, 0.3) is 11.0 Å². The Morgan fingerprint density at radius 1 is 1.00 bits per heavy atom. The van der Waals surface area contributed by atoms with Gasteiger partial charge in [0.15, 0.2) is 0 Å². The number of nitrogens with zero attached hydrogens (tertiary/aromatic N) is 4. The summed E-state index contributed by atoms with van der Waals surface area (Å²) in [5, 5.41) is 11.5. The molecular weight excluding hydrogens is 478 g/mol. The lowest BCUT2D eigenvalue weighted by Crippen LogP contribution is -2.50. The highest BCUT2D eigenvalue weighted by Crippen LogP contribution is 2.32. The van der Waals surface area contributed by atoms with E-state index in [-0.39, 0.29) is 18.4 Å². The second-order valence-electron chi connectivity index (χ2n) is 10.5. The van der Waals surface area contributed by atoms with Crippen molar-refractivity contribution in [2.45, 2.75) is 59.7 Å². The summed E-state index contributed by atoms with van der Waals surface area (Å²) in [5.41, 5.74) is 4.24. The summed E-state index contributed by atoms with van der Waals surface area (Å²) in [4.78, 5) is 29.6. The Morgan fingerprint density at radius 2 is 1.66 bits per heavy atom. The van der Waals surface area contributed by atoms with Crippen LogP contribution in [-0.2, 0) is 16.1 Å². The van der Waals surface area contributed by atoms with Crippen molar-refractivity contribution >= 4 is 28.5 Å². The van der Waals surface area contributed by atoms with Gasteiger partial charge in [-0.05, 0) is 94.6 Å². The Morgan fingerprint density at radius 3 is 2.29 bits per heavy atom. The number of nitrogens with one attached hydrogen (secondary N) is 1. The van der Waals surface area contributed by atoms with Crippen molar-refractivity contribution in [2.24, 2.45) is 0 Å². The van der Waals surface area contributed by atoms with Crippen LogP contribution in [0.1, 0.15) is 50.4 Å². The molecule has 0 unspecified atom stereocenters. The second-order valence-corrected chi connectivity index (χ2v) is 10.5. The first-order valence-corrected chi connectivity index (χ1v) is 12.8. The molecule has 38 heavy (non-hydrogen) atoms. The van der Waals surface area contributed by atoms with Gasteiger partial charge in [0.1, 0.15) is 23.9 Å². The molecule has 0 saturated heterocycles. The number of ether oxygens (including phenoxy) is 1. The second kappa shape index (κ2) is 11.0. The van der Waals surface area contributed by atoms with Crippen LogP contribution >= 0.6 is 0 Å². The van der Waals surface area contributed by atoms with Crippen LogP contribution in [0.5, 0.6) is 5.75 Å². The number of hydrogen-bond donors (Lipinski definition) is 1. The zero-order valence-electron chi connectivity index (χ0n) is 22.9. The lowest BCUT2D eigenvalue weighted by Gasteiger charge is -2.34. The number of fused-ring (bicyclic) bond motifs is 1. The Kier molecular flexibility index (Phi) is 7.80. The number of aryl methyl sites for hydroxylation is 2. The van der Waals surface area contributed by atoms with Gasteiger partial charge in [0.05, 0.1) is 12.1 Å². The van der Waals surface area contributed by atoms with Crippen molar-refractivity contribution < 1.29 is 14.3 Å². The minimum absolute atomic E-state index is 0.0795. The number of carbonyl (C=O) groups excluding carboxylic acids is 2. The van der Waals surface area contributed by atoms with E-state index in [0.717, 1.165) is 16.6 Å². The van der Waals surface area contributed by atoms with Gasteiger partial charge in [-0.1, -0.05) is 35.5 Å². The molecule has 2 amide bonds. The van der Waals surface area contributed by atoms with Crippen molar-refractivity contribution in [1.29, 1.82) is 0 Å². The van der Waals surface area contributed by atoms with Gasteiger partial charge in [0.25, 0.3) is 0 Å². The van der Waals surface area contributed by atoms with Crippen LogP contribution in [0.2, 0.25) is 0 Å². The Hall–Kier alpha value is -4.20. The van der Waals surface area contributed by atoms with Crippen molar-refractivity contribution in [3.8, 4) is 5.75 Å². The summed E-state index contributed by atoms with van der Waals surface area (Å²) >= 11 is 0. The Balaban J connectivity index is 1.84. The van der Waals surface area contributed by atoms with Crippen molar-refractivity contribution in [3.05, 3.63) is 83.4 Å². The Bertz CT molecular complexity index is 1420. The number of rotatable bonds is 8. The molecule has 0 spiro atoms. The summed E-state index contributed by atoms with van der Waals surface area (Å²) in [5.74, 6) is 0.135. The fourth-order valence-corrected chi connectivity index (χ4v) is 4.53. The lowest BCUT2D eigenvalue weighted by molar-refractivity contribution is -0.128. The number of hydrogen-bond acceptors (Lipinski definition) is 5. The van der Waals surface area contributed by atoms with E-state index in [9.17, 15) is 9.59 Å². The van der Waals surface area contributed by atoms with E-state index in [1.807, 2.05) is 108 Å². The largest absolute Gasteiger partial charge is 0.494 e. The Labute approximate surface area is 223 Å². The van der Waals surface area contributed by atoms with E-state index in [4.69, 9.17) is 4.74 Å². The van der Waals surface area contributed by atoms with Crippen molar-refractivity contribution in [2.75, 3.05) is 11.5 Å². The van der Waals surface area contributed by atoms with Gasteiger partial charge >= 0.3 is 0 Å². The average molecular weight is 514 g/mol. The highest BCUT2D eigenvalue weighted by atomic mass is 16.5. The molecular formula is C30H35N5O3. The van der Waals surface area contributed by atoms with Crippen molar-refractivity contribution in [3.63, 3.8) is 0 Å². The summed E-state index contributed by atoms with van der Waals surface area (Å²) < 4.78 is 7.19. The molecule has 0 aliphatic rings. The zero-order valence-corrected chi connectivity index (χ0v) is 22.9. The van der Waals surface area contributed by atoms with E-state index in [0.29, 0.717) is 29.1 Å². The van der Waals surface area contributed by atoms with Gasteiger partial charge in [-0.3, -0.25) is 14.5 Å². The quantitative estimate of drug-likeness (QED) is 0.353. The minimum Gasteiger partial charge on any atom is -0.494 e. The molecule has 8 nitrogen and oxygen atoms in total. The number of benzene rings is 3. The standard InChI is InChI=1S/C30H35N5O3/c1-7-38-24-14-12-22(13-15-24)28(29(37)31-30(4,5)6)35(23-17-20(2)16-21(3)18-23)27(36)19-34-26-11-9-8-10-25(26)32-33-34/h8-18,28H,7,19H2,1-6H3,(H,31,37)/t28-/m1/s1. The molecule has 1 aromatic heterocycles. The monoisotopic (exact) mass is 513 g/mol. The van der Waals surface area contributed by atoms with Gasteiger partial charge in [-0.2, -0.15) is 0 Å². The normalized spacial score (nSPS) is 12.3. The van der Waals surface area contributed by atoms with Crippen LogP contribution < -0.4 is 15.0 Å². The third kappa shape index (κ3) is 6.19. The molecule has 0 aliphatic carbocycles. The van der Waals surface area contributed by atoms with Gasteiger partial charge in [-0.15, -0.1) is 5.10 Å². The summed E-state index contributed by atoms with van der Waals surface area (Å²) in [6.07, 6.45) is 0. The molecule has 0 fully saturated rings. The molecule has 0 radical (unpaired) electrons. The first kappa shape index (κ1) is 26.9. The first-order chi connectivity index (χ1) is 18.1. The smallest absolute Gasteiger partial charge is 0.249 e. The fraction of sp³-hybridized carbons (Fsp3) is 0.333. The number of carbonyl (C=O) groups is 2. The van der Waals surface area contributed by atoms with E-state index in [1.165, 1.54) is 0 Å². The van der Waals surface area contributed by atoms with E-state index in [1.54, 1.807) is 9.58 Å². The molecule has 1 N–H and O–H groups in total. The van der Waals surface area contributed by atoms with Gasteiger partial charge in [-0.25, -0.2) is 4.68 Å². The molecule has 3 aromatic carbocycles. The fourth-order valence-electron chi connectivity index (χ4n) is 4.53. The highest BCUT2D eigenvalue weighted by molar-refractivity contribution is 6.01. The molecule has 1 heterocycles. The molecule has 0 bridgehead atoms. The van der Waals surface area contributed by atoms with Crippen LogP contribution in [0.4, 0.5) is 5.69 Å². The number of aromatic nitrogens is 3. The molecule has 4 aromatic rings. The summed E-state index contributed by atoms with van der Waals surface area (Å²) in [6, 6.07) is 19.8. The maximum Gasteiger partial charge on any atom is 0.249 e. The molecule has 198 valence electrons. The molecule has 4 rings (SSSR count). The predicted molar refractivity (Wildman–Crippen MR) is 149 cm³/mol. The maximum atomic E-state index is 14.2. The number of para-hydroxylation sites is 1. The van der Waals surface area contributed by atoms with Crippen molar-refractivity contribution in [1.82, 2.24) is 20.3 Å². The molecule has 1 atom stereocenters. The summed E-state index contributed by atoms with van der Waals surface area (Å²) in [6.45, 7) is 12.1. The van der Waals surface area contributed by atoms with Crippen LogP contribution in [0.3, 0.4) is 0 Å². The first-order valence-electron chi connectivity index (χ1n) is 12.8. The lowest BCUT2D eigenvalue weighted by atomic mass is 9.99. The van der Waals surface area contributed by atoms with Gasteiger partial charge < -0.3 is 10.1 Å². The zero-order chi connectivity index (χ0) is 27.4. The molecule has 0 aliphatic heterocycles. The molecule has 8 heteroatoms.